The standard InChI is InChI=1S/C20H23N3O4S2/c1-3-29(26,27)11-19(24)23-17-8-14(17)9-18(23)20(25)22-15-6-4-5-13(7-15)16-10-28-12(2)21-16/h4-7,10,14,17-18H,3,8-9,11H2,1-2H3,(H,22,25)/t14-,17-,18-/m1/s1. The van der Waals surface area contributed by atoms with E-state index in [9.17, 15) is 18.0 Å². The van der Waals surface area contributed by atoms with Crippen molar-refractivity contribution in [3.05, 3.63) is 34.7 Å². The first-order chi connectivity index (χ1) is 13.8. The Labute approximate surface area is 174 Å². The van der Waals surface area contributed by atoms with Gasteiger partial charge in [0.2, 0.25) is 11.8 Å². The lowest BCUT2D eigenvalue weighted by atomic mass is 10.1. The molecule has 1 aliphatic carbocycles. The number of likely N-dealkylation sites (tertiary alicyclic amines) is 1. The number of amides is 2. The van der Waals surface area contributed by atoms with Crippen LogP contribution in [0, 0.1) is 12.8 Å². The number of nitrogens with one attached hydrogen (secondary N) is 1. The van der Waals surface area contributed by atoms with Gasteiger partial charge in [-0.1, -0.05) is 19.1 Å². The first-order valence-electron chi connectivity index (χ1n) is 9.62. The van der Waals surface area contributed by atoms with Crippen LogP contribution in [0.2, 0.25) is 0 Å². The molecule has 2 aromatic rings. The summed E-state index contributed by atoms with van der Waals surface area (Å²) in [5, 5.41) is 5.83. The number of sulfone groups is 1. The Hall–Kier alpha value is -2.26. The van der Waals surface area contributed by atoms with E-state index in [2.05, 4.69) is 10.3 Å². The summed E-state index contributed by atoms with van der Waals surface area (Å²) in [5.41, 5.74) is 2.39. The molecule has 0 bridgehead atoms. The number of aryl methyl sites for hydroxylation is 1. The van der Waals surface area contributed by atoms with Gasteiger partial charge in [0, 0.05) is 28.4 Å². The zero-order chi connectivity index (χ0) is 20.8. The number of nitrogens with zero attached hydrogens (tertiary/aromatic N) is 2. The molecule has 1 saturated heterocycles. The van der Waals surface area contributed by atoms with E-state index in [1.807, 2.05) is 30.5 Å². The fraction of sp³-hybridized carbons (Fsp3) is 0.450. The van der Waals surface area contributed by atoms with Gasteiger partial charge in [-0.2, -0.15) is 0 Å². The highest BCUT2D eigenvalue weighted by Gasteiger charge is 2.56. The topological polar surface area (TPSA) is 96.4 Å². The SMILES string of the molecule is CCS(=O)(=O)CC(=O)N1[C@@H](C(=O)Nc2cccc(-c3csc(C)n3)c2)C[C@H]2C[C@H]21. The Morgan fingerprint density at radius 3 is 2.79 bits per heavy atom. The van der Waals surface area contributed by atoms with Crippen molar-refractivity contribution in [1.82, 2.24) is 9.88 Å². The predicted octanol–water partition coefficient (Wildman–Crippen LogP) is 2.48. The van der Waals surface area contributed by atoms with Crippen molar-refractivity contribution in [2.24, 2.45) is 5.92 Å². The molecule has 0 spiro atoms. The highest BCUT2D eigenvalue weighted by molar-refractivity contribution is 7.92. The zero-order valence-electron chi connectivity index (χ0n) is 16.3. The van der Waals surface area contributed by atoms with Crippen LogP contribution in [0.1, 0.15) is 24.8 Å². The van der Waals surface area contributed by atoms with E-state index in [4.69, 9.17) is 0 Å². The van der Waals surface area contributed by atoms with E-state index in [-0.39, 0.29) is 17.7 Å². The molecule has 2 amide bonds. The number of hydrogen-bond donors (Lipinski definition) is 1. The molecule has 2 aliphatic rings. The normalized spacial score (nSPS) is 23.0. The molecule has 0 radical (unpaired) electrons. The Balaban J connectivity index is 1.49. The van der Waals surface area contributed by atoms with Crippen molar-refractivity contribution in [1.29, 1.82) is 0 Å². The second kappa shape index (κ2) is 7.53. The molecule has 1 saturated carbocycles. The molecular weight excluding hydrogens is 410 g/mol. The Bertz CT molecular complexity index is 1060. The fourth-order valence-electron chi connectivity index (χ4n) is 3.89. The van der Waals surface area contributed by atoms with Crippen LogP contribution in [-0.4, -0.2) is 53.7 Å². The molecule has 1 aromatic carbocycles. The number of rotatable bonds is 6. The molecule has 0 unspecified atom stereocenters. The second-order valence-electron chi connectivity index (χ2n) is 7.61. The van der Waals surface area contributed by atoms with Crippen LogP contribution in [0.5, 0.6) is 0 Å². The number of benzene rings is 1. The van der Waals surface area contributed by atoms with Gasteiger partial charge < -0.3 is 10.2 Å². The van der Waals surface area contributed by atoms with Crippen molar-refractivity contribution in [2.45, 2.75) is 38.8 Å². The van der Waals surface area contributed by atoms with Crippen molar-refractivity contribution in [3.63, 3.8) is 0 Å². The lowest BCUT2D eigenvalue weighted by molar-refractivity contribution is -0.135. The van der Waals surface area contributed by atoms with Crippen molar-refractivity contribution in [2.75, 3.05) is 16.8 Å². The van der Waals surface area contributed by atoms with Crippen LogP contribution >= 0.6 is 11.3 Å². The highest BCUT2D eigenvalue weighted by atomic mass is 32.2. The summed E-state index contributed by atoms with van der Waals surface area (Å²) in [4.78, 5) is 31.5. The van der Waals surface area contributed by atoms with E-state index < -0.39 is 27.5 Å². The van der Waals surface area contributed by atoms with Crippen LogP contribution < -0.4 is 5.32 Å². The van der Waals surface area contributed by atoms with E-state index >= 15 is 0 Å². The molecule has 1 aromatic heterocycles. The first-order valence-corrected chi connectivity index (χ1v) is 12.3. The number of fused-ring (bicyclic) bond motifs is 1. The molecule has 1 aliphatic heterocycles. The summed E-state index contributed by atoms with van der Waals surface area (Å²) in [7, 11) is -3.43. The average molecular weight is 434 g/mol. The summed E-state index contributed by atoms with van der Waals surface area (Å²) in [6, 6.07) is 6.81. The number of piperidine rings is 1. The summed E-state index contributed by atoms with van der Waals surface area (Å²) < 4.78 is 23.8. The Morgan fingerprint density at radius 2 is 2.10 bits per heavy atom. The maximum atomic E-state index is 12.9. The largest absolute Gasteiger partial charge is 0.326 e. The third-order valence-electron chi connectivity index (χ3n) is 5.52. The van der Waals surface area contributed by atoms with Gasteiger partial charge in [0.15, 0.2) is 9.84 Å². The van der Waals surface area contributed by atoms with Crippen molar-refractivity contribution >= 4 is 38.7 Å². The first kappa shape index (κ1) is 20.0. The van der Waals surface area contributed by atoms with Crippen molar-refractivity contribution < 1.29 is 18.0 Å². The molecule has 29 heavy (non-hydrogen) atoms. The maximum absolute atomic E-state index is 12.9. The van der Waals surface area contributed by atoms with Gasteiger partial charge in [0.1, 0.15) is 11.8 Å². The van der Waals surface area contributed by atoms with Crippen LogP contribution in [0.25, 0.3) is 11.3 Å². The zero-order valence-corrected chi connectivity index (χ0v) is 17.9. The number of anilines is 1. The number of carbonyl (C=O) groups is 2. The van der Waals surface area contributed by atoms with Gasteiger partial charge in [0.25, 0.3) is 0 Å². The minimum atomic E-state index is -3.43. The van der Waals surface area contributed by atoms with Crippen LogP contribution in [-0.2, 0) is 19.4 Å². The second-order valence-corrected chi connectivity index (χ2v) is 11.0. The number of thiazole rings is 1. The number of carbonyl (C=O) groups excluding carboxylic acids is 2. The molecule has 1 N–H and O–H groups in total. The third kappa shape index (κ3) is 4.20. The molecule has 3 atom stereocenters. The van der Waals surface area contributed by atoms with Crippen LogP contribution in [0.4, 0.5) is 5.69 Å². The monoisotopic (exact) mass is 433 g/mol. The molecule has 4 rings (SSSR count). The minimum Gasteiger partial charge on any atom is -0.326 e. The number of aromatic nitrogens is 1. The molecular formula is C20H23N3O4S2. The van der Waals surface area contributed by atoms with E-state index in [1.54, 1.807) is 17.4 Å². The summed E-state index contributed by atoms with van der Waals surface area (Å²) in [6.07, 6.45) is 1.43. The van der Waals surface area contributed by atoms with Gasteiger partial charge in [-0.25, -0.2) is 13.4 Å². The molecule has 2 fully saturated rings. The number of hydrogen-bond acceptors (Lipinski definition) is 6. The van der Waals surface area contributed by atoms with E-state index in [0.29, 0.717) is 18.0 Å². The molecule has 154 valence electrons. The summed E-state index contributed by atoms with van der Waals surface area (Å²) in [5.74, 6) is -1.06. The average Bonchev–Trinajstić information content (AvgIpc) is 3.11. The predicted molar refractivity (Wildman–Crippen MR) is 112 cm³/mol. The lowest BCUT2D eigenvalue weighted by Crippen LogP contribution is -2.47. The quantitative estimate of drug-likeness (QED) is 0.755. The minimum absolute atomic E-state index is 0.00498. The van der Waals surface area contributed by atoms with E-state index in [1.165, 1.54) is 11.8 Å². The van der Waals surface area contributed by atoms with Gasteiger partial charge in [-0.15, -0.1) is 11.3 Å². The molecule has 9 heteroatoms. The van der Waals surface area contributed by atoms with Gasteiger partial charge in [-0.05, 0) is 37.8 Å². The molecule has 2 heterocycles. The van der Waals surface area contributed by atoms with E-state index in [0.717, 1.165) is 22.7 Å². The summed E-state index contributed by atoms with van der Waals surface area (Å²) in [6.45, 7) is 3.46. The van der Waals surface area contributed by atoms with Gasteiger partial charge in [0.05, 0.1) is 10.7 Å². The Morgan fingerprint density at radius 1 is 1.31 bits per heavy atom. The maximum Gasteiger partial charge on any atom is 0.247 e. The van der Waals surface area contributed by atoms with Crippen molar-refractivity contribution in [3.8, 4) is 11.3 Å². The third-order valence-corrected chi connectivity index (χ3v) is 7.86. The highest BCUT2D eigenvalue weighted by Crippen LogP contribution is 2.48. The smallest absolute Gasteiger partial charge is 0.247 e. The van der Waals surface area contributed by atoms with Crippen LogP contribution in [0.3, 0.4) is 0 Å². The van der Waals surface area contributed by atoms with Gasteiger partial charge in [-0.3, -0.25) is 9.59 Å². The van der Waals surface area contributed by atoms with Gasteiger partial charge >= 0.3 is 0 Å². The lowest BCUT2D eigenvalue weighted by Gasteiger charge is -2.26. The Kier molecular flexibility index (Phi) is 5.20. The molecule has 7 nitrogen and oxygen atoms in total. The van der Waals surface area contributed by atoms with Crippen LogP contribution in [0.15, 0.2) is 29.6 Å². The fourth-order valence-corrected chi connectivity index (χ4v) is 5.24. The summed E-state index contributed by atoms with van der Waals surface area (Å²) >= 11 is 1.56.